The molecule has 1 aromatic carbocycles. The zero-order valence-electron chi connectivity index (χ0n) is 29.7. The molecule has 1 aliphatic heterocycles. The quantitative estimate of drug-likeness (QED) is 0.0918. The third-order valence-electron chi connectivity index (χ3n) is 8.68. The number of halogens is 1. The van der Waals surface area contributed by atoms with Gasteiger partial charge < -0.3 is 24.1 Å². The van der Waals surface area contributed by atoms with Gasteiger partial charge in [0.05, 0.1) is 12.2 Å². The van der Waals surface area contributed by atoms with E-state index in [1.807, 2.05) is 0 Å². The maximum absolute atomic E-state index is 14.7. The van der Waals surface area contributed by atoms with Gasteiger partial charge in [0.2, 0.25) is 5.91 Å². The van der Waals surface area contributed by atoms with E-state index >= 15 is 0 Å². The van der Waals surface area contributed by atoms with E-state index < -0.39 is 74.1 Å². The van der Waals surface area contributed by atoms with Gasteiger partial charge in [-0.05, 0) is 44.7 Å². The molecule has 3 heterocycles. The Hall–Kier alpha value is -4.42. The number of carbonyl (C=O) groups excluding carboxylic acids is 3. The number of terminal acetylenes is 1. The molecule has 5 atom stereocenters. The summed E-state index contributed by atoms with van der Waals surface area (Å²) in [6.45, 7) is 7.43. The lowest BCUT2D eigenvalue weighted by Gasteiger charge is -2.31. The Bertz CT molecular complexity index is 1850. The number of ether oxygens (including phenoxy) is 3. The molecule has 280 valence electrons. The van der Waals surface area contributed by atoms with Crippen molar-refractivity contribution < 1.29 is 46.6 Å². The van der Waals surface area contributed by atoms with Gasteiger partial charge in [0.25, 0.3) is 0 Å². The van der Waals surface area contributed by atoms with Crippen LogP contribution in [0.1, 0.15) is 79.4 Å². The zero-order chi connectivity index (χ0) is 37.6. The van der Waals surface area contributed by atoms with Gasteiger partial charge in [-0.1, -0.05) is 58.2 Å². The van der Waals surface area contributed by atoms with Crippen LogP contribution in [0.5, 0.6) is 5.75 Å². The van der Waals surface area contributed by atoms with Crippen LogP contribution in [-0.4, -0.2) is 67.8 Å². The highest BCUT2D eigenvalue weighted by atomic mass is 31.2. The number of fused-ring (bicyclic) bond motifs is 1. The molecule has 2 fully saturated rings. The van der Waals surface area contributed by atoms with Crippen LogP contribution in [0.3, 0.4) is 0 Å². The number of anilines is 1. The maximum atomic E-state index is 14.7. The monoisotopic (exact) mass is 742 g/mol. The van der Waals surface area contributed by atoms with E-state index in [1.54, 1.807) is 58.0 Å². The highest BCUT2D eigenvalue weighted by molar-refractivity contribution is 7.52. The van der Waals surface area contributed by atoms with Gasteiger partial charge in [0.1, 0.15) is 36.8 Å². The Morgan fingerprint density at radius 1 is 1.06 bits per heavy atom. The van der Waals surface area contributed by atoms with E-state index in [9.17, 15) is 23.3 Å². The van der Waals surface area contributed by atoms with Crippen LogP contribution in [0.25, 0.3) is 11.2 Å². The Kier molecular flexibility index (Phi) is 12.3. The fraction of sp³-hybridized carbons (Fsp3) is 0.543. The number of aromatic nitrogens is 4. The molecule has 52 heavy (non-hydrogen) atoms. The van der Waals surface area contributed by atoms with Gasteiger partial charge in [-0.2, -0.15) is 19.4 Å². The van der Waals surface area contributed by atoms with Crippen molar-refractivity contribution in [3.05, 3.63) is 42.7 Å². The molecule has 1 aliphatic carbocycles. The molecule has 1 saturated carbocycles. The first-order chi connectivity index (χ1) is 24.7. The van der Waals surface area contributed by atoms with E-state index in [-0.39, 0.29) is 35.3 Å². The Morgan fingerprint density at radius 2 is 1.77 bits per heavy atom. The molecule has 2 aliphatic rings. The molecule has 5 rings (SSSR count). The van der Waals surface area contributed by atoms with Crippen molar-refractivity contribution in [1.29, 1.82) is 0 Å². The first-order valence-electron chi connectivity index (χ1n) is 17.3. The summed E-state index contributed by atoms with van der Waals surface area (Å²) in [5.74, 6) is -0.0839. The molecule has 15 nitrogen and oxygen atoms in total. The molecule has 1 amide bonds. The molecule has 0 bridgehead atoms. The molecule has 3 aromatic rings. The van der Waals surface area contributed by atoms with Crippen molar-refractivity contribution in [3.8, 4) is 18.1 Å². The second-order valence-electron chi connectivity index (χ2n) is 13.5. The van der Waals surface area contributed by atoms with Crippen LogP contribution >= 0.6 is 7.75 Å². The summed E-state index contributed by atoms with van der Waals surface area (Å²) in [7, 11) is -4.44. The minimum absolute atomic E-state index is 0.0377. The van der Waals surface area contributed by atoms with Crippen molar-refractivity contribution in [2.45, 2.75) is 103 Å². The smallest absolute Gasteiger partial charge is 0.459 e. The minimum Gasteiger partial charge on any atom is -0.461 e. The number of esters is 2. The largest absolute Gasteiger partial charge is 0.461 e. The highest BCUT2D eigenvalue weighted by Gasteiger charge is 2.53. The van der Waals surface area contributed by atoms with Crippen molar-refractivity contribution in [2.24, 2.45) is 11.8 Å². The van der Waals surface area contributed by atoms with Crippen molar-refractivity contribution in [3.63, 3.8) is 0 Å². The number of carbonyl (C=O) groups is 3. The summed E-state index contributed by atoms with van der Waals surface area (Å²) in [4.78, 5) is 50.3. The lowest BCUT2D eigenvalue weighted by Crippen LogP contribution is -2.46. The number of para-hydroxylation sites is 1. The van der Waals surface area contributed by atoms with Gasteiger partial charge in [-0.3, -0.25) is 23.5 Å². The average molecular weight is 743 g/mol. The van der Waals surface area contributed by atoms with Gasteiger partial charge >= 0.3 is 25.8 Å². The number of hydrogen-bond donors (Lipinski definition) is 2. The summed E-state index contributed by atoms with van der Waals surface area (Å²) in [5, 5.41) is 5.22. The van der Waals surface area contributed by atoms with Gasteiger partial charge in [-0.25, -0.2) is 9.55 Å². The fourth-order valence-electron chi connectivity index (χ4n) is 5.70. The highest BCUT2D eigenvalue weighted by Crippen LogP contribution is 2.48. The Morgan fingerprint density at radius 3 is 2.42 bits per heavy atom. The van der Waals surface area contributed by atoms with Crippen LogP contribution in [0.4, 0.5) is 10.2 Å². The van der Waals surface area contributed by atoms with E-state index in [4.69, 9.17) is 29.7 Å². The summed E-state index contributed by atoms with van der Waals surface area (Å²) < 4.78 is 60.1. The number of benzene rings is 1. The molecule has 0 unspecified atom stereocenters. The van der Waals surface area contributed by atoms with Crippen LogP contribution in [0.2, 0.25) is 0 Å². The number of nitrogens with one attached hydrogen (secondary N) is 2. The molecule has 2 N–H and O–H groups in total. The molecule has 17 heteroatoms. The summed E-state index contributed by atoms with van der Waals surface area (Å²) in [5.41, 5.74) is -1.84. The number of hydrogen-bond acceptors (Lipinski definition) is 12. The minimum atomic E-state index is -4.44. The third kappa shape index (κ3) is 9.14. The van der Waals surface area contributed by atoms with E-state index in [0.717, 1.165) is 32.1 Å². The first-order valence-corrected chi connectivity index (χ1v) is 18.8. The fourth-order valence-corrected chi connectivity index (χ4v) is 7.23. The Labute approximate surface area is 301 Å². The van der Waals surface area contributed by atoms with E-state index in [2.05, 4.69) is 31.3 Å². The van der Waals surface area contributed by atoms with Gasteiger partial charge in [0, 0.05) is 12.3 Å². The van der Waals surface area contributed by atoms with Crippen molar-refractivity contribution in [1.82, 2.24) is 24.6 Å². The van der Waals surface area contributed by atoms with Gasteiger partial charge in [-0.15, -0.1) is 6.42 Å². The predicted octanol–water partition coefficient (Wildman–Crippen LogP) is 5.48. The lowest BCUT2D eigenvalue weighted by atomic mass is 9.98. The van der Waals surface area contributed by atoms with Crippen LogP contribution in [-0.2, 0) is 37.7 Å². The number of nitrogens with zero attached hydrogens (tertiary/aromatic N) is 4. The zero-order valence-corrected chi connectivity index (χ0v) is 30.6. The molecule has 0 radical (unpaired) electrons. The SMILES string of the molecule is C#C[C@]1(CO[P@@](=O)(N[C@@H](C)C(=O)OC2CCCCC2)Oc2ccccc2)O[C@@H](n2cnc3c(NC(=O)C(C)C)nc(F)nc32)C[C@@H]1OC(=O)C(C)C. The van der Waals surface area contributed by atoms with Crippen LogP contribution < -0.4 is 14.9 Å². The maximum Gasteiger partial charge on any atom is 0.459 e. The molecule has 1 saturated heterocycles. The molecule has 2 aromatic heterocycles. The van der Waals surface area contributed by atoms with Crippen LogP contribution in [0.15, 0.2) is 36.7 Å². The number of amides is 1. The Balaban J connectivity index is 1.44. The topological polar surface area (TPSA) is 182 Å². The van der Waals surface area contributed by atoms with Crippen molar-refractivity contribution in [2.75, 3.05) is 11.9 Å². The number of rotatable bonds is 14. The number of imidazole rings is 1. The lowest BCUT2D eigenvalue weighted by molar-refractivity contribution is -0.162. The summed E-state index contributed by atoms with van der Waals surface area (Å²) >= 11 is 0. The second-order valence-corrected chi connectivity index (χ2v) is 15.1. The van der Waals surface area contributed by atoms with E-state index in [0.29, 0.717) is 0 Å². The standard InChI is InChI=1S/C35H44FN6O9P/c1-7-35(19-47-52(46,51-25-16-12-9-13-17-25)41-23(6)33(45)48-24-14-10-8-11-15-24)26(49-32(44)22(4)5)18-27(50-35)42-20-37-28-29(38-31(43)21(2)3)39-34(36)40-30(28)42/h1,9,12-13,16-17,20-24,26-27H,8,10-11,14-15,18-19H2,2-6H3,(H,41,46)(H,38,39,40,43)/t23-,26-,27+,35+,52-/m0/s1. The summed E-state index contributed by atoms with van der Waals surface area (Å²) in [6.07, 6.45) is 8.11. The normalized spacial score (nSPS) is 22.4. The first kappa shape index (κ1) is 38.8. The molecular formula is C35H44FN6O9P. The van der Waals surface area contributed by atoms with Gasteiger partial charge in [0.15, 0.2) is 22.6 Å². The molecular weight excluding hydrogens is 698 g/mol. The second kappa shape index (κ2) is 16.5. The van der Waals surface area contributed by atoms with Crippen LogP contribution in [0, 0.1) is 30.3 Å². The van der Waals surface area contributed by atoms with Crippen molar-refractivity contribution >= 4 is 42.6 Å². The average Bonchev–Trinajstić information content (AvgIpc) is 3.69. The third-order valence-corrected chi connectivity index (χ3v) is 10.3. The summed E-state index contributed by atoms with van der Waals surface area (Å²) in [6, 6.07) is 7.05. The predicted molar refractivity (Wildman–Crippen MR) is 186 cm³/mol. The molecule has 0 spiro atoms. The van der Waals surface area contributed by atoms with E-state index in [1.165, 1.54) is 17.8 Å².